The summed E-state index contributed by atoms with van der Waals surface area (Å²) in [5.41, 5.74) is 7.11. The first-order valence-electron chi connectivity index (χ1n) is 6.18. The Morgan fingerprint density at radius 2 is 2.14 bits per heavy atom. The first kappa shape index (κ1) is 14.0. The van der Waals surface area contributed by atoms with Crippen molar-refractivity contribution in [3.05, 3.63) is 57.0 Å². The molecule has 108 valence electrons. The Kier molecular flexibility index (Phi) is 3.85. The van der Waals surface area contributed by atoms with Gasteiger partial charge in [-0.2, -0.15) is 21.3 Å². The predicted molar refractivity (Wildman–Crippen MR) is 84.5 cm³/mol. The molecule has 0 aliphatic carbocycles. The lowest BCUT2D eigenvalue weighted by atomic mass is 10.2. The molecule has 0 unspecified atom stereocenters. The molecule has 21 heavy (non-hydrogen) atoms. The summed E-state index contributed by atoms with van der Waals surface area (Å²) in [6.07, 6.45) is 0. The smallest absolute Gasteiger partial charge is 0.274 e. The van der Waals surface area contributed by atoms with Gasteiger partial charge in [-0.15, -0.1) is 0 Å². The van der Waals surface area contributed by atoms with Crippen LogP contribution >= 0.6 is 23.4 Å². The number of halogens is 1. The van der Waals surface area contributed by atoms with Gasteiger partial charge in [0.15, 0.2) is 0 Å². The van der Waals surface area contributed by atoms with E-state index in [4.69, 9.17) is 17.3 Å². The molecule has 1 aromatic carbocycles. The van der Waals surface area contributed by atoms with Crippen molar-refractivity contribution in [3.8, 4) is 0 Å². The molecular weight excluding hydrogens is 310 g/mol. The molecule has 0 bridgehead atoms. The number of nitrogens with zero attached hydrogens (tertiary/aromatic N) is 3. The van der Waals surface area contributed by atoms with Crippen molar-refractivity contribution in [1.82, 2.24) is 19.6 Å². The normalized spacial score (nSPS) is 11.1. The number of thioether (sulfide) groups is 1. The van der Waals surface area contributed by atoms with Crippen LogP contribution in [0.3, 0.4) is 0 Å². The number of nitrogens with two attached hydrogens (primary N) is 1. The second-order valence-corrected chi connectivity index (χ2v) is 5.87. The maximum Gasteiger partial charge on any atom is 0.274 e. The molecule has 0 spiro atoms. The quantitative estimate of drug-likeness (QED) is 0.768. The van der Waals surface area contributed by atoms with Crippen LogP contribution in [-0.4, -0.2) is 19.6 Å². The molecule has 3 aromatic rings. The summed E-state index contributed by atoms with van der Waals surface area (Å²) in [6.45, 7) is 0. The predicted octanol–water partition coefficient (Wildman–Crippen LogP) is 2.09. The molecule has 3 N–H and O–H groups in total. The molecule has 0 amide bonds. The zero-order valence-corrected chi connectivity index (χ0v) is 12.5. The van der Waals surface area contributed by atoms with Crippen LogP contribution in [0.2, 0.25) is 5.02 Å². The topological polar surface area (TPSA) is 89.1 Å². The lowest BCUT2D eigenvalue weighted by Crippen LogP contribution is -2.15. The number of hydrogen-bond donors (Lipinski definition) is 2. The van der Waals surface area contributed by atoms with Crippen molar-refractivity contribution in [2.75, 3.05) is 5.73 Å². The highest BCUT2D eigenvalue weighted by atomic mass is 35.5. The van der Waals surface area contributed by atoms with E-state index >= 15 is 0 Å². The largest absolute Gasteiger partial charge is 0.368 e. The molecular formula is C13H12ClN5OS. The maximum absolute atomic E-state index is 11.9. The third-order valence-electron chi connectivity index (χ3n) is 2.81. The van der Waals surface area contributed by atoms with Gasteiger partial charge in [0.2, 0.25) is 5.95 Å². The van der Waals surface area contributed by atoms with Crippen molar-refractivity contribution >= 4 is 35.1 Å². The summed E-state index contributed by atoms with van der Waals surface area (Å²) in [5, 5.41) is 3.35. The lowest BCUT2D eigenvalue weighted by Gasteiger charge is -2.02. The average molecular weight is 322 g/mol. The summed E-state index contributed by atoms with van der Waals surface area (Å²) in [7, 11) is 0. The minimum absolute atomic E-state index is 0.170. The van der Waals surface area contributed by atoms with Crippen LogP contribution in [0.15, 0.2) is 35.1 Å². The Morgan fingerprint density at radius 1 is 1.29 bits per heavy atom. The third kappa shape index (κ3) is 3.20. The Morgan fingerprint density at radius 3 is 2.95 bits per heavy atom. The zero-order chi connectivity index (χ0) is 14.8. The van der Waals surface area contributed by atoms with E-state index in [9.17, 15) is 4.79 Å². The fourth-order valence-corrected chi connectivity index (χ4v) is 3.01. The van der Waals surface area contributed by atoms with Gasteiger partial charge in [-0.3, -0.25) is 9.89 Å². The van der Waals surface area contributed by atoms with Gasteiger partial charge in [0.05, 0.1) is 5.69 Å². The molecule has 0 fully saturated rings. The monoisotopic (exact) mass is 321 g/mol. The van der Waals surface area contributed by atoms with Crippen LogP contribution in [0, 0.1) is 0 Å². The Hall–Kier alpha value is -1.99. The molecule has 0 aliphatic rings. The number of aromatic amines is 1. The number of hydrogen-bond acceptors (Lipinski definition) is 5. The van der Waals surface area contributed by atoms with Gasteiger partial charge in [0.25, 0.3) is 11.3 Å². The van der Waals surface area contributed by atoms with Gasteiger partial charge in [0.1, 0.15) is 0 Å². The SMILES string of the molecule is Nc1nc2nc(CSCc3cccc(Cl)c3)cc(=O)n2[nH]1. The number of nitrogen functional groups attached to an aromatic ring is 1. The number of H-pyrrole nitrogens is 1. The average Bonchev–Trinajstić information content (AvgIpc) is 2.80. The van der Waals surface area contributed by atoms with Gasteiger partial charge >= 0.3 is 0 Å². The Labute approximate surface area is 129 Å². The molecule has 0 atom stereocenters. The van der Waals surface area contributed by atoms with Crippen molar-refractivity contribution < 1.29 is 0 Å². The van der Waals surface area contributed by atoms with Crippen LogP contribution < -0.4 is 11.3 Å². The first-order chi connectivity index (χ1) is 10.1. The summed E-state index contributed by atoms with van der Waals surface area (Å²) in [4.78, 5) is 20.1. The number of rotatable bonds is 4. The maximum atomic E-state index is 11.9. The van der Waals surface area contributed by atoms with E-state index in [1.807, 2.05) is 24.3 Å². The van der Waals surface area contributed by atoms with E-state index in [0.717, 1.165) is 16.3 Å². The van der Waals surface area contributed by atoms with Crippen LogP contribution in [0.4, 0.5) is 5.95 Å². The van der Waals surface area contributed by atoms with Gasteiger partial charge in [-0.25, -0.2) is 4.98 Å². The van der Waals surface area contributed by atoms with E-state index in [0.29, 0.717) is 17.2 Å². The molecule has 6 nitrogen and oxygen atoms in total. The van der Waals surface area contributed by atoms with E-state index in [1.54, 1.807) is 11.8 Å². The molecule has 8 heteroatoms. The van der Waals surface area contributed by atoms with Crippen molar-refractivity contribution in [2.45, 2.75) is 11.5 Å². The van der Waals surface area contributed by atoms with Crippen LogP contribution in [0.1, 0.15) is 11.3 Å². The number of anilines is 1. The fourth-order valence-electron chi connectivity index (χ4n) is 1.92. The molecule has 0 saturated carbocycles. The second kappa shape index (κ2) is 5.79. The van der Waals surface area contributed by atoms with E-state index in [-0.39, 0.29) is 11.5 Å². The molecule has 3 rings (SSSR count). The van der Waals surface area contributed by atoms with Crippen LogP contribution in [0.25, 0.3) is 5.78 Å². The highest BCUT2D eigenvalue weighted by Gasteiger charge is 2.06. The van der Waals surface area contributed by atoms with Gasteiger partial charge in [0, 0.05) is 22.6 Å². The summed E-state index contributed by atoms with van der Waals surface area (Å²) >= 11 is 7.59. The number of aromatic nitrogens is 4. The Bertz CT molecular complexity index is 844. The van der Waals surface area contributed by atoms with E-state index in [1.165, 1.54) is 10.6 Å². The zero-order valence-electron chi connectivity index (χ0n) is 10.9. The van der Waals surface area contributed by atoms with Crippen molar-refractivity contribution in [2.24, 2.45) is 0 Å². The summed E-state index contributed by atoms with van der Waals surface area (Å²) < 4.78 is 1.22. The highest BCUT2D eigenvalue weighted by Crippen LogP contribution is 2.19. The second-order valence-electron chi connectivity index (χ2n) is 4.45. The molecule has 0 aliphatic heterocycles. The van der Waals surface area contributed by atoms with Crippen molar-refractivity contribution in [3.63, 3.8) is 0 Å². The number of nitrogens with one attached hydrogen (secondary N) is 1. The molecule has 2 heterocycles. The standard InChI is InChI=1S/C13H12ClN5OS/c14-9-3-1-2-8(4-9)6-21-7-10-5-11(20)19-13(16-10)17-12(15)18-19/h1-5H,6-7H2,(H3,15,16,17,18). The van der Waals surface area contributed by atoms with Crippen LogP contribution in [-0.2, 0) is 11.5 Å². The fraction of sp³-hybridized carbons (Fsp3) is 0.154. The minimum atomic E-state index is -0.220. The van der Waals surface area contributed by atoms with E-state index in [2.05, 4.69) is 15.1 Å². The summed E-state index contributed by atoms with van der Waals surface area (Å²) in [5.74, 6) is 1.87. The van der Waals surface area contributed by atoms with E-state index < -0.39 is 0 Å². The van der Waals surface area contributed by atoms with Gasteiger partial charge in [-0.1, -0.05) is 23.7 Å². The molecule has 0 radical (unpaired) electrons. The number of fused-ring (bicyclic) bond motifs is 1. The first-order valence-corrected chi connectivity index (χ1v) is 7.71. The van der Waals surface area contributed by atoms with Gasteiger partial charge in [-0.05, 0) is 17.7 Å². The lowest BCUT2D eigenvalue weighted by molar-refractivity contribution is 0.891. The van der Waals surface area contributed by atoms with Crippen molar-refractivity contribution in [1.29, 1.82) is 0 Å². The van der Waals surface area contributed by atoms with Gasteiger partial charge < -0.3 is 5.73 Å². The molecule has 2 aromatic heterocycles. The third-order valence-corrected chi connectivity index (χ3v) is 4.08. The molecule has 0 saturated heterocycles. The van der Waals surface area contributed by atoms with Crippen LogP contribution in [0.5, 0.6) is 0 Å². The number of benzene rings is 1. The summed E-state index contributed by atoms with van der Waals surface area (Å²) in [6, 6.07) is 9.18. The Balaban J connectivity index is 1.72. The highest BCUT2D eigenvalue weighted by molar-refractivity contribution is 7.97. The minimum Gasteiger partial charge on any atom is -0.368 e.